The lowest BCUT2D eigenvalue weighted by atomic mass is 10.1. The smallest absolute Gasteiger partial charge is 0.416 e. The maximum Gasteiger partial charge on any atom is 0.416 e. The molecule has 0 radical (unpaired) electrons. The first-order valence-electron chi connectivity index (χ1n) is 9.57. The van der Waals surface area contributed by atoms with Gasteiger partial charge in [0.1, 0.15) is 18.6 Å². The number of alkyl halides is 3. The molecule has 0 fully saturated rings. The Morgan fingerprint density at radius 1 is 1.13 bits per heavy atom. The highest BCUT2D eigenvalue weighted by atomic mass is 19.4. The van der Waals surface area contributed by atoms with Gasteiger partial charge in [-0.05, 0) is 36.4 Å². The second-order valence-electron chi connectivity index (χ2n) is 7.12. The third kappa shape index (κ3) is 3.41. The Morgan fingerprint density at radius 2 is 1.90 bits per heavy atom. The summed E-state index contributed by atoms with van der Waals surface area (Å²) in [4.78, 5) is 23.4. The van der Waals surface area contributed by atoms with Gasteiger partial charge in [0.25, 0.3) is 12.1 Å². The normalized spacial score (nSPS) is 19.6. The molecular weight excluding hydrogens is 409 g/mol. The predicted octanol–water partition coefficient (Wildman–Crippen LogP) is 3.27. The molecule has 0 aliphatic carbocycles. The standard InChI is InChI=1S/C22H16F3N4O2/c23-22(24,25)15-7-5-14(6-8-15)18-11-27-20-12-26-16(13-29(18)20)21(30)28-9-10-31-19-4-2-1-3-17(19)28/h1-8,11-13,20H,9-10H2/q+1. The summed E-state index contributed by atoms with van der Waals surface area (Å²) < 4.78 is 45.9. The van der Waals surface area contributed by atoms with Crippen LogP contribution in [0.2, 0.25) is 0 Å². The number of amides is 1. The van der Waals surface area contributed by atoms with E-state index in [2.05, 4.69) is 9.98 Å². The van der Waals surface area contributed by atoms with E-state index in [1.807, 2.05) is 12.1 Å². The molecule has 156 valence electrons. The average molecular weight is 425 g/mol. The van der Waals surface area contributed by atoms with Crippen molar-refractivity contribution in [3.63, 3.8) is 0 Å². The molecule has 5 rings (SSSR count). The summed E-state index contributed by atoms with van der Waals surface area (Å²) in [5, 5.41) is 0. The van der Waals surface area contributed by atoms with Gasteiger partial charge in [-0.2, -0.15) is 17.7 Å². The number of fused-ring (bicyclic) bond motifs is 2. The van der Waals surface area contributed by atoms with Crippen molar-refractivity contribution in [1.29, 1.82) is 0 Å². The molecule has 0 saturated heterocycles. The van der Waals surface area contributed by atoms with Crippen molar-refractivity contribution in [2.75, 3.05) is 18.1 Å². The van der Waals surface area contributed by atoms with E-state index in [1.165, 1.54) is 12.1 Å². The summed E-state index contributed by atoms with van der Waals surface area (Å²) in [6, 6.07) is 12.1. The van der Waals surface area contributed by atoms with Crippen LogP contribution in [0.4, 0.5) is 18.9 Å². The van der Waals surface area contributed by atoms with E-state index in [0.29, 0.717) is 35.9 Å². The monoisotopic (exact) mass is 425 g/mol. The third-order valence-electron chi connectivity index (χ3n) is 5.22. The summed E-state index contributed by atoms with van der Waals surface area (Å²) in [5.41, 5.74) is 1.32. The summed E-state index contributed by atoms with van der Waals surface area (Å²) in [6.45, 7) is 0.760. The van der Waals surface area contributed by atoms with Gasteiger partial charge in [-0.15, -0.1) is 0 Å². The molecule has 6 nitrogen and oxygen atoms in total. The van der Waals surface area contributed by atoms with Crippen LogP contribution in [0.3, 0.4) is 0 Å². The van der Waals surface area contributed by atoms with Crippen molar-refractivity contribution in [3.05, 3.63) is 71.6 Å². The average Bonchev–Trinajstić information content (AvgIpc) is 3.21. The fraction of sp³-hybridized carbons (Fsp3) is 0.182. The number of carbonyl (C=O) groups is 1. The number of halogens is 3. The van der Waals surface area contributed by atoms with Crippen LogP contribution < -0.4 is 9.64 Å². The minimum absolute atomic E-state index is 0.211. The molecule has 0 spiro atoms. The van der Waals surface area contributed by atoms with Gasteiger partial charge >= 0.3 is 6.18 Å². The van der Waals surface area contributed by atoms with Crippen LogP contribution >= 0.6 is 0 Å². The second-order valence-corrected chi connectivity index (χ2v) is 7.12. The Kier molecular flexibility index (Phi) is 4.46. The van der Waals surface area contributed by atoms with E-state index in [9.17, 15) is 18.0 Å². The summed E-state index contributed by atoms with van der Waals surface area (Å²) in [6.07, 6.45) is -0.127. The van der Waals surface area contributed by atoms with Crippen molar-refractivity contribution >= 4 is 29.7 Å². The van der Waals surface area contributed by atoms with Gasteiger partial charge in [-0.3, -0.25) is 9.69 Å². The van der Waals surface area contributed by atoms with Crippen molar-refractivity contribution in [1.82, 2.24) is 0 Å². The van der Waals surface area contributed by atoms with Crippen molar-refractivity contribution in [2.45, 2.75) is 12.3 Å². The van der Waals surface area contributed by atoms with Crippen LogP contribution in [0.25, 0.3) is 0 Å². The summed E-state index contributed by atoms with van der Waals surface area (Å²) in [5.74, 6) is 0.339. The molecule has 0 aromatic heterocycles. The molecule has 1 unspecified atom stereocenters. The number of ether oxygens (including phenoxy) is 1. The SMILES string of the molecule is O=C(C1=C[N+]2=C(c3ccc(C(F)(F)F)cc3)C=NC2C=N1)N1CCOc2ccccc21. The molecule has 0 saturated carbocycles. The van der Waals surface area contributed by atoms with E-state index < -0.39 is 17.9 Å². The van der Waals surface area contributed by atoms with Crippen molar-refractivity contribution in [2.24, 2.45) is 9.98 Å². The minimum Gasteiger partial charge on any atom is -0.490 e. The molecule has 9 heteroatoms. The quantitative estimate of drug-likeness (QED) is 0.694. The van der Waals surface area contributed by atoms with Crippen molar-refractivity contribution < 1.29 is 27.3 Å². The Hall–Kier alpha value is -3.75. The molecule has 1 amide bonds. The summed E-state index contributed by atoms with van der Waals surface area (Å²) >= 11 is 0. The van der Waals surface area contributed by atoms with E-state index in [-0.39, 0.29) is 11.6 Å². The highest BCUT2D eigenvalue weighted by Crippen LogP contribution is 2.32. The van der Waals surface area contributed by atoms with Crippen LogP contribution in [0, 0.1) is 0 Å². The van der Waals surface area contributed by atoms with E-state index in [1.54, 1.807) is 40.2 Å². The minimum atomic E-state index is -4.40. The van der Waals surface area contributed by atoms with Gasteiger partial charge in [0.15, 0.2) is 5.70 Å². The number of benzene rings is 2. The van der Waals surface area contributed by atoms with Gasteiger partial charge < -0.3 is 4.74 Å². The van der Waals surface area contributed by atoms with Crippen LogP contribution in [0.5, 0.6) is 5.75 Å². The zero-order valence-corrected chi connectivity index (χ0v) is 16.1. The highest BCUT2D eigenvalue weighted by molar-refractivity contribution is 6.37. The Balaban J connectivity index is 1.48. The van der Waals surface area contributed by atoms with E-state index in [0.717, 1.165) is 12.1 Å². The third-order valence-corrected chi connectivity index (χ3v) is 5.22. The molecule has 3 aliphatic rings. The fourth-order valence-electron chi connectivity index (χ4n) is 3.68. The first kappa shape index (κ1) is 19.2. The number of carbonyl (C=O) groups excluding carboxylic acids is 1. The maximum absolute atomic E-state index is 13.2. The Bertz CT molecular complexity index is 1180. The first-order valence-corrected chi connectivity index (χ1v) is 9.57. The number of aliphatic imine (C=N–C) groups is 2. The lowest BCUT2D eigenvalue weighted by molar-refractivity contribution is -0.472. The van der Waals surface area contributed by atoms with Crippen LogP contribution in [0.15, 0.2) is 70.4 Å². The van der Waals surface area contributed by atoms with Crippen LogP contribution in [0.1, 0.15) is 11.1 Å². The molecule has 0 N–H and O–H groups in total. The van der Waals surface area contributed by atoms with Crippen LogP contribution in [-0.2, 0) is 11.0 Å². The first-order chi connectivity index (χ1) is 14.9. The largest absolute Gasteiger partial charge is 0.490 e. The van der Waals surface area contributed by atoms with Gasteiger partial charge in [-0.1, -0.05) is 12.1 Å². The second kappa shape index (κ2) is 7.19. The van der Waals surface area contributed by atoms with E-state index in [4.69, 9.17) is 4.74 Å². The van der Waals surface area contributed by atoms with Gasteiger partial charge in [0.2, 0.25) is 11.9 Å². The van der Waals surface area contributed by atoms with Gasteiger partial charge in [-0.25, -0.2) is 9.98 Å². The molecule has 3 heterocycles. The fourth-order valence-corrected chi connectivity index (χ4v) is 3.68. The van der Waals surface area contributed by atoms with Crippen molar-refractivity contribution in [3.8, 4) is 5.75 Å². The lowest BCUT2D eigenvalue weighted by Crippen LogP contribution is -2.40. The van der Waals surface area contributed by atoms with Crippen LogP contribution in [-0.4, -0.2) is 47.9 Å². The molecule has 2 aromatic carbocycles. The number of hydrogen-bond donors (Lipinski definition) is 0. The molecule has 1 atom stereocenters. The number of rotatable bonds is 2. The predicted molar refractivity (Wildman–Crippen MR) is 109 cm³/mol. The lowest BCUT2D eigenvalue weighted by Gasteiger charge is -2.29. The number of para-hydroxylation sites is 2. The maximum atomic E-state index is 13.2. The number of anilines is 1. The zero-order chi connectivity index (χ0) is 21.6. The molecule has 3 aliphatic heterocycles. The molecule has 0 bridgehead atoms. The Morgan fingerprint density at radius 3 is 2.68 bits per heavy atom. The number of hydrogen-bond acceptors (Lipinski definition) is 4. The molecular formula is C22H16F3N4O2+. The van der Waals surface area contributed by atoms with Gasteiger partial charge in [0.05, 0.1) is 24.0 Å². The molecule has 31 heavy (non-hydrogen) atoms. The summed E-state index contributed by atoms with van der Waals surface area (Å²) in [7, 11) is 0. The van der Waals surface area contributed by atoms with Gasteiger partial charge in [0, 0.05) is 5.56 Å². The molecule has 2 aromatic rings. The Labute approximate surface area is 175 Å². The topological polar surface area (TPSA) is 57.3 Å². The van der Waals surface area contributed by atoms with E-state index >= 15 is 0 Å². The number of nitrogens with zero attached hydrogens (tertiary/aromatic N) is 4. The highest BCUT2D eigenvalue weighted by Gasteiger charge is 2.36. The zero-order valence-electron chi connectivity index (χ0n) is 16.1.